The van der Waals surface area contributed by atoms with E-state index in [0.29, 0.717) is 11.7 Å². The van der Waals surface area contributed by atoms with Gasteiger partial charge in [0.15, 0.2) is 0 Å². The second-order valence-electron chi connectivity index (χ2n) is 6.22. The number of aryl methyl sites for hydroxylation is 1. The third-order valence-corrected chi connectivity index (χ3v) is 4.66. The predicted octanol–water partition coefficient (Wildman–Crippen LogP) is 4.60. The lowest BCUT2D eigenvalue weighted by Gasteiger charge is -2.21. The quantitative estimate of drug-likeness (QED) is 0.861. The van der Waals surface area contributed by atoms with Crippen LogP contribution in [0.2, 0.25) is 0 Å². The number of nitrogens with one attached hydrogen (secondary N) is 1. The molecule has 1 aliphatic rings. The number of rotatable bonds is 3. The highest BCUT2D eigenvalue weighted by Crippen LogP contribution is 2.46. The molecule has 2 aromatic rings. The lowest BCUT2D eigenvalue weighted by molar-refractivity contribution is 0.422. The largest absolute Gasteiger partial charge is 0.508 e. The first-order chi connectivity index (χ1) is 10.1. The minimum atomic E-state index is 0.227. The van der Waals surface area contributed by atoms with Crippen LogP contribution >= 0.6 is 0 Å². The van der Waals surface area contributed by atoms with E-state index in [1.807, 2.05) is 18.2 Å². The molecule has 0 amide bonds. The van der Waals surface area contributed by atoms with Crippen LogP contribution in [0.5, 0.6) is 5.75 Å². The van der Waals surface area contributed by atoms with Crippen molar-refractivity contribution in [3.05, 3.63) is 64.7 Å². The molecular formula is C19H23NO. The monoisotopic (exact) mass is 281 g/mol. The van der Waals surface area contributed by atoms with Crippen LogP contribution in [-0.4, -0.2) is 5.11 Å². The molecule has 0 fully saturated rings. The van der Waals surface area contributed by atoms with Gasteiger partial charge in [0, 0.05) is 17.6 Å². The van der Waals surface area contributed by atoms with Crippen molar-refractivity contribution in [1.82, 2.24) is 5.32 Å². The van der Waals surface area contributed by atoms with Crippen LogP contribution < -0.4 is 5.32 Å². The van der Waals surface area contributed by atoms with Gasteiger partial charge in [0.1, 0.15) is 5.75 Å². The van der Waals surface area contributed by atoms with Gasteiger partial charge in [-0.25, -0.2) is 0 Å². The third-order valence-electron chi connectivity index (χ3n) is 4.66. The summed E-state index contributed by atoms with van der Waals surface area (Å²) in [5.41, 5.74) is 5.00. The van der Waals surface area contributed by atoms with E-state index in [2.05, 4.69) is 50.4 Å². The maximum absolute atomic E-state index is 10.3. The zero-order chi connectivity index (χ0) is 15.0. The summed E-state index contributed by atoms with van der Waals surface area (Å²) in [7, 11) is 0. The van der Waals surface area contributed by atoms with E-state index in [4.69, 9.17) is 0 Å². The number of aromatic hydroxyl groups is 1. The van der Waals surface area contributed by atoms with Crippen molar-refractivity contribution in [2.75, 3.05) is 0 Å². The van der Waals surface area contributed by atoms with E-state index in [1.54, 1.807) is 0 Å². The van der Waals surface area contributed by atoms with Gasteiger partial charge < -0.3 is 10.4 Å². The Balaban J connectivity index is 1.88. The van der Waals surface area contributed by atoms with Crippen molar-refractivity contribution in [1.29, 1.82) is 0 Å². The van der Waals surface area contributed by atoms with Crippen molar-refractivity contribution < 1.29 is 5.11 Å². The molecule has 0 radical (unpaired) electrons. The molecule has 110 valence electrons. The Morgan fingerprint density at radius 2 is 1.81 bits per heavy atom. The number of hydrogen-bond acceptors (Lipinski definition) is 2. The number of phenols is 1. The highest BCUT2D eigenvalue weighted by molar-refractivity contribution is 5.51. The molecule has 2 aromatic carbocycles. The maximum atomic E-state index is 10.3. The van der Waals surface area contributed by atoms with Crippen molar-refractivity contribution in [2.45, 2.75) is 45.2 Å². The third kappa shape index (κ3) is 2.56. The van der Waals surface area contributed by atoms with E-state index in [9.17, 15) is 5.11 Å². The van der Waals surface area contributed by atoms with Crippen molar-refractivity contribution >= 4 is 0 Å². The minimum Gasteiger partial charge on any atom is -0.508 e. The Morgan fingerprint density at radius 3 is 2.52 bits per heavy atom. The summed E-state index contributed by atoms with van der Waals surface area (Å²) in [6, 6.07) is 14.8. The number of fused-ring (bicyclic) bond motifs is 1. The van der Waals surface area contributed by atoms with Gasteiger partial charge in [0.2, 0.25) is 0 Å². The summed E-state index contributed by atoms with van der Waals surface area (Å²) in [4.78, 5) is 0. The molecule has 2 N–H and O–H groups in total. The molecule has 0 saturated heterocycles. The van der Waals surface area contributed by atoms with Gasteiger partial charge in [-0.1, -0.05) is 43.3 Å². The summed E-state index contributed by atoms with van der Waals surface area (Å²) < 4.78 is 0. The smallest absolute Gasteiger partial charge is 0.120 e. The molecule has 0 aromatic heterocycles. The predicted molar refractivity (Wildman–Crippen MR) is 86.6 cm³/mol. The van der Waals surface area contributed by atoms with Crippen LogP contribution in [0.4, 0.5) is 0 Å². The van der Waals surface area contributed by atoms with Gasteiger partial charge in [-0.05, 0) is 48.9 Å². The molecule has 0 spiro atoms. The van der Waals surface area contributed by atoms with Gasteiger partial charge in [-0.15, -0.1) is 0 Å². The van der Waals surface area contributed by atoms with E-state index >= 15 is 0 Å². The van der Waals surface area contributed by atoms with E-state index < -0.39 is 0 Å². The highest BCUT2D eigenvalue weighted by atomic mass is 16.3. The Hall–Kier alpha value is -1.80. The van der Waals surface area contributed by atoms with Crippen molar-refractivity contribution in [3.63, 3.8) is 0 Å². The second-order valence-corrected chi connectivity index (χ2v) is 6.22. The van der Waals surface area contributed by atoms with Gasteiger partial charge in [0.05, 0.1) is 0 Å². The molecule has 0 aliphatic heterocycles. The molecule has 2 heteroatoms. The Kier molecular flexibility index (Phi) is 3.73. The van der Waals surface area contributed by atoms with Crippen LogP contribution in [-0.2, 0) is 0 Å². The van der Waals surface area contributed by atoms with Crippen LogP contribution in [0.25, 0.3) is 0 Å². The van der Waals surface area contributed by atoms with Crippen LogP contribution in [0, 0.1) is 6.92 Å². The van der Waals surface area contributed by atoms with Crippen LogP contribution in [0.3, 0.4) is 0 Å². The van der Waals surface area contributed by atoms with Gasteiger partial charge in [-0.2, -0.15) is 0 Å². The van der Waals surface area contributed by atoms with Crippen molar-refractivity contribution in [2.24, 2.45) is 0 Å². The minimum absolute atomic E-state index is 0.227. The normalized spacial score (nSPS) is 22.0. The summed E-state index contributed by atoms with van der Waals surface area (Å²) in [5, 5.41) is 14.0. The average Bonchev–Trinajstić information content (AvgIpc) is 2.81. The molecule has 21 heavy (non-hydrogen) atoms. The summed E-state index contributed by atoms with van der Waals surface area (Å²) in [6.07, 6.45) is 1.05. The van der Waals surface area contributed by atoms with Crippen LogP contribution in [0.1, 0.15) is 60.5 Å². The molecule has 0 saturated carbocycles. The SMILES string of the molecule is Cc1ccc(O)c2c1C(C)CC2N[C@H](C)c1ccccc1. The fourth-order valence-corrected chi connectivity index (χ4v) is 3.63. The van der Waals surface area contributed by atoms with Crippen LogP contribution in [0.15, 0.2) is 42.5 Å². The topological polar surface area (TPSA) is 32.3 Å². The van der Waals surface area contributed by atoms with Crippen molar-refractivity contribution in [3.8, 4) is 5.75 Å². The Labute approximate surface area is 126 Å². The first kappa shape index (κ1) is 14.2. The molecule has 2 unspecified atom stereocenters. The van der Waals surface area contributed by atoms with E-state index in [1.165, 1.54) is 16.7 Å². The maximum Gasteiger partial charge on any atom is 0.120 e. The first-order valence-electron chi connectivity index (χ1n) is 7.71. The fraction of sp³-hybridized carbons (Fsp3) is 0.368. The standard InChI is InChI=1S/C19H23NO/c1-12-9-10-17(21)19-16(11-13(2)18(12)19)20-14(3)15-7-5-4-6-8-15/h4-10,13-14,16,20-21H,11H2,1-3H3/t13?,14-,16?/m1/s1. The van der Waals surface area contributed by atoms with E-state index in [-0.39, 0.29) is 12.1 Å². The molecular weight excluding hydrogens is 258 g/mol. The zero-order valence-electron chi connectivity index (χ0n) is 12.9. The lowest BCUT2D eigenvalue weighted by atomic mass is 9.97. The molecule has 1 aliphatic carbocycles. The average molecular weight is 281 g/mol. The lowest BCUT2D eigenvalue weighted by Crippen LogP contribution is -2.23. The number of phenolic OH excluding ortho intramolecular Hbond substituents is 1. The number of benzene rings is 2. The fourth-order valence-electron chi connectivity index (χ4n) is 3.63. The van der Waals surface area contributed by atoms with Gasteiger partial charge in [0.25, 0.3) is 0 Å². The zero-order valence-corrected chi connectivity index (χ0v) is 12.9. The summed E-state index contributed by atoms with van der Waals surface area (Å²) >= 11 is 0. The Morgan fingerprint density at radius 1 is 1.10 bits per heavy atom. The van der Waals surface area contributed by atoms with Gasteiger partial charge in [-0.3, -0.25) is 0 Å². The molecule has 0 heterocycles. The first-order valence-corrected chi connectivity index (χ1v) is 7.71. The highest BCUT2D eigenvalue weighted by Gasteiger charge is 2.32. The Bertz CT molecular complexity index is 636. The summed E-state index contributed by atoms with van der Waals surface area (Å²) in [6.45, 7) is 6.57. The van der Waals surface area contributed by atoms with E-state index in [0.717, 1.165) is 12.0 Å². The summed E-state index contributed by atoms with van der Waals surface area (Å²) in [5.74, 6) is 0.922. The second kappa shape index (κ2) is 5.53. The van der Waals surface area contributed by atoms with Gasteiger partial charge >= 0.3 is 0 Å². The molecule has 3 atom stereocenters. The molecule has 2 nitrogen and oxygen atoms in total. The molecule has 0 bridgehead atoms. The number of hydrogen-bond donors (Lipinski definition) is 2. The molecule has 3 rings (SSSR count).